The van der Waals surface area contributed by atoms with Crippen LogP contribution < -0.4 is 15.3 Å². The quantitative estimate of drug-likeness (QED) is 0.225. The number of benzene rings is 1. The van der Waals surface area contributed by atoms with Crippen molar-refractivity contribution in [3.05, 3.63) is 57.2 Å². The number of aromatic amines is 1. The van der Waals surface area contributed by atoms with Crippen molar-refractivity contribution in [3.63, 3.8) is 0 Å². The highest BCUT2D eigenvalue weighted by molar-refractivity contribution is 7.71. The normalized spacial score (nSPS) is 23.7. The number of hydrogen-bond donors (Lipinski definition) is 3. The Labute approximate surface area is 218 Å². The Bertz CT molecular complexity index is 1310. The monoisotopic (exact) mass is 552 g/mol. The fourth-order valence-electron chi connectivity index (χ4n) is 3.54. The maximum atomic E-state index is 13.6. The molecule has 2 heterocycles. The molecule has 6 atom stereocenters. The minimum absolute atomic E-state index is 0.199. The van der Waals surface area contributed by atoms with Gasteiger partial charge in [0.15, 0.2) is 6.23 Å². The lowest BCUT2D eigenvalue weighted by Gasteiger charge is -2.25. The number of carbonyl (C=O) groups is 1. The number of nitrogens with one attached hydrogen (secondary N) is 2. The number of aliphatic hydroxyl groups excluding tert-OH is 1. The highest BCUT2D eigenvalue weighted by Gasteiger charge is 2.47. The van der Waals surface area contributed by atoms with Gasteiger partial charge in [0.2, 0.25) is 0 Å². The third-order valence-corrected chi connectivity index (χ3v) is 7.44. The molecule has 14 heteroatoms. The summed E-state index contributed by atoms with van der Waals surface area (Å²) in [5.41, 5.74) is -0.0526. The lowest BCUT2D eigenvalue weighted by Crippen LogP contribution is -2.37. The summed E-state index contributed by atoms with van der Waals surface area (Å²) in [6.07, 6.45) is -2.67. The molecule has 1 aliphatic rings. The van der Waals surface area contributed by atoms with Crippen LogP contribution >= 0.6 is 20.0 Å². The van der Waals surface area contributed by atoms with Gasteiger partial charge >= 0.3 is 19.4 Å². The van der Waals surface area contributed by atoms with E-state index in [1.807, 2.05) is 6.07 Å². The molecule has 1 aromatic carbocycles. The van der Waals surface area contributed by atoms with Crippen LogP contribution in [-0.4, -0.2) is 51.6 Å². The zero-order valence-corrected chi connectivity index (χ0v) is 22.4. The number of para-hydroxylation sites is 1. The molecular formula is C23H29N4O8PS. The number of nitriles is 1. The molecule has 37 heavy (non-hydrogen) atoms. The molecule has 0 bridgehead atoms. The summed E-state index contributed by atoms with van der Waals surface area (Å²) in [5, 5.41) is 22.9. The third-order valence-electron chi connectivity index (χ3n) is 5.37. The Kier molecular flexibility index (Phi) is 9.41. The van der Waals surface area contributed by atoms with Gasteiger partial charge in [0.1, 0.15) is 34.6 Å². The van der Waals surface area contributed by atoms with Crippen molar-refractivity contribution in [1.29, 1.82) is 5.26 Å². The van der Waals surface area contributed by atoms with Gasteiger partial charge in [-0.3, -0.25) is 18.9 Å². The van der Waals surface area contributed by atoms with Crippen LogP contribution in [0.2, 0.25) is 0 Å². The van der Waals surface area contributed by atoms with E-state index < -0.39 is 62.5 Å². The minimum atomic E-state index is -4.23. The third kappa shape index (κ3) is 7.13. The van der Waals surface area contributed by atoms with E-state index in [0.717, 1.165) is 4.57 Å². The summed E-state index contributed by atoms with van der Waals surface area (Å²) in [5.74, 6) is -1.61. The molecule has 200 valence electrons. The SMILES string of the molecule is Cc1cn([C@H]2O[C@@H](COP(=O)(N[C@@H](C)C(=O)OC(C)C)Oc3ccccc3)C(O)[C@H]2C#N)c(=O)[nH]c1=S. The van der Waals surface area contributed by atoms with Gasteiger partial charge in [-0.2, -0.15) is 10.3 Å². The molecule has 0 saturated carbocycles. The van der Waals surface area contributed by atoms with Gasteiger partial charge in [0.25, 0.3) is 0 Å². The first-order chi connectivity index (χ1) is 17.4. The highest BCUT2D eigenvalue weighted by Crippen LogP contribution is 2.46. The highest BCUT2D eigenvalue weighted by atomic mass is 32.1. The number of ether oxygens (including phenoxy) is 2. The predicted octanol–water partition coefficient (Wildman–Crippen LogP) is 2.75. The van der Waals surface area contributed by atoms with Crippen molar-refractivity contribution in [3.8, 4) is 11.8 Å². The fraction of sp³-hybridized carbons (Fsp3) is 0.478. The van der Waals surface area contributed by atoms with Crippen molar-refractivity contribution in [1.82, 2.24) is 14.6 Å². The summed E-state index contributed by atoms with van der Waals surface area (Å²) >= 11 is 5.06. The van der Waals surface area contributed by atoms with Gasteiger partial charge in [-0.15, -0.1) is 0 Å². The molecule has 1 aromatic heterocycles. The van der Waals surface area contributed by atoms with Gasteiger partial charge in [0.05, 0.1) is 18.8 Å². The lowest BCUT2D eigenvalue weighted by molar-refractivity contribution is -0.149. The molecule has 0 aliphatic carbocycles. The molecule has 0 amide bonds. The average molecular weight is 553 g/mol. The van der Waals surface area contributed by atoms with Gasteiger partial charge < -0.3 is 19.1 Å². The summed E-state index contributed by atoms with van der Waals surface area (Å²) in [7, 11) is -4.23. The van der Waals surface area contributed by atoms with E-state index in [1.165, 1.54) is 13.1 Å². The maximum Gasteiger partial charge on any atom is 0.459 e. The number of aliphatic hydroxyl groups is 1. The second-order valence-electron chi connectivity index (χ2n) is 8.72. The van der Waals surface area contributed by atoms with Crippen LogP contribution in [0.5, 0.6) is 5.75 Å². The topological polar surface area (TPSA) is 165 Å². The molecule has 2 aromatic rings. The predicted molar refractivity (Wildman–Crippen MR) is 134 cm³/mol. The van der Waals surface area contributed by atoms with Crippen LogP contribution in [0.15, 0.2) is 41.3 Å². The van der Waals surface area contributed by atoms with Gasteiger partial charge in [-0.05, 0) is 39.8 Å². The number of nitrogens with zero attached hydrogens (tertiary/aromatic N) is 2. The molecule has 3 rings (SSSR count). The van der Waals surface area contributed by atoms with Crippen molar-refractivity contribution < 1.29 is 33.0 Å². The van der Waals surface area contributed by atoms with Crippen LogP contribution in [0.4, 0.5) is 0 Å². The Morgan fingerprint density at radius 2 is 2.03 bits per heavy atom. The maximum absolute atomic E-state index is 13.6. The number of rotatable bonds is 10. The van der Waals surface area contributed by atoms with Gasteiger partial charge in [-0.25, -0.2) is 9.36 Å². The molecule has 1 aliphatic heterocycles. The molecule has 12 nitrogen and oxygen atoms in total. The summed E-state index contributed by atoms with van der Waals surface area (Å²) in [6, 6.07) is 9.03. The van der Waals surface area contributed by atoms with Crippen LogP contribution in [0.25, 0.3) is 0 Å². The Balaban J connectivity index is 1.81. The number of aromatic nitrogens is 2. The molecule has 1 fully saturated rings. The number of hydrogen-bond acceptors (Lipinski definition) is 10. The van der Waals surface area contributed by atoms with E-state index >= 15 is 0 Å². The minimum Gasteiger partial charge on any atom is -0.462 e. The zero-order valence-electron chi connectivity index (χ0n) is 20.7. The largest absolute Gasteiger partial charge is 0.462 e. The average Bonchev–Trinajstić information content (AvgIpc) is 3.15. The van der Waals surface area contributed by atoms with Crippen molar-refractivity contribution in [2.75, 3.05) is 6.61 Å². The van der Waals surface area contributed by atoms with Crippen LogP contribution in [0, 0.1) is 28.8 Å². The van der Waals surface area contributed by atoms with Crippen molar-refractivity contribution in [2.24, 2.45) is 5.92 Å². The lowest BCUT2D eigenvalue weighted by atomic mass is 10.0. The van der Waals surface area contributed by atoms with Crippen LogP contribution in [-0.2, 0) is 23.4 Å². The van der Waals surface area contributed by atoms with E-state index in [-0.39, 0.29) is 10.4 Å². The van der Waals surface area contributed by atoms with E-state index in [1.54, 1.807) is 51.1 Å². The Morgan fingerprint density at radius 1 is 1.35 bits per heavy atom. The standard InChI is InChI=1S/C23H29N4O8PS/c1-13(2)33-22(29)15(4)26-36(31,35-16-8-6-5-7-9-16)32-12-18-19(28)17(10-24)21(34-18)27-11-14(3)20(37)25-23(27)30/h5-9,11,13,15,17-19,21,28H,12H2,1-4H3,(H,26,31)(H,25,30,37)/t15-,17+,18-,19?,21-,36?/m0/s1. The molecule has 0 spiro atoms. The molecular weight excluding hydrogens is 523 g/mol. The molecule has 0 radical (unpaired) electrons. The number of esters is 1. The number of H-pyrrole nitrogens is 1. The number of aryl methyl sites for hydroxylation is 1. The second kappa shape index (κ2) is 12.1. The van der Waals surface area contributed by atoms with E-state index in [9.17, 15) is 24.5 Å². The summed E-state index contributed by atoms with van der Waals surface area (Å²) < 4.78 is 37.1. The summed E-state index contributed by atoms with van der Waals surface area (Å²) in [4.78, 5) is 27.2. The second-order valence-corrected chi connectivity index (χ2v) is 10.8. The Hall–Kier alpha value is -2.85. The Morgan fingerprint density at radius 3 is 2.65 bits per heavy atom. The molecule has 1 saturated heterocycles. The summed E-state index contributed by atoms with van der Waals surface area (Å²) in [6.45, 7) is 5.97. The van der Waals surface area contributed by atoms with E-state index in [4.69, 9.17) is 30.7 Å². The van der Waals surface area contributed by atoms with E-state index in [2.05, 4.69) is 10.1 Å². The van der Waals surface area contributed by atoms with Gasteiger partial charge in [0, 0.05) is 11.8 Å². The van der Waals surface area contributed by atoms with Crippen molar-refractivity contribution >= 4 is 25.9 Å². The molecule has 3 N–H and O–H groups in total. The molecule has 2 unspecified atom stereocenters. The fourth-order valence-corrected chi connectivity index (χ4v) is 5.18. The smallest absolute Gasteiger partial charge is 0.459 e. The first-order valence-electron chi connectivity index (χ1n) is 11.5. The number of carbonyl (C=O) groups excluding carboxylic acids is 1. The van der Waals surface area contributed by atoms with Crippen LogP contribution in [0.3, 0.4) is 0 Å². The van der Waals surface area contributed by atoms with Gasteiger partial charge in [-0.1, -0.05) is 30.4 Å². The van der Waals surface area contributed by atoms with E-state index in [0.29, 0.717) is 5.56 Å². The van der Waals surface area contributed by atoms with Crippen molar-refractivity contribution in [2.45, 2.75) is 58.3 Å². The first kappa shape index (κ1) is 28.7. The zero-order chi connectivity index (χ0) is 27.3. The first-order valence-corrected chi connectivity index (χ1v) is 13.4. The van der Waals surface area contributed by atoms with Crippen LogP contribution in [0.1, 0.15) is 32.6 Å².